The summed E-state index contributed by atoms with van der Waals surface area (Å²) in [7, 11) is 0. The molecule has 2 heterocycles. The van der Waals surface area contributed by atoms with Gasteiger partial charge >= 0.3 is 0 Å². The van der Waals surface area contributed by atoms with Crippen LogP contribution in [0.4, 0.5) is 0 Å². The van der Waals surface area contributed by atoms with Gasteiger partial charge in [0.1, 0.15) is 0 Å². The van der Waals surface area contributed by atoms with Crippen LogP contribution in [0.5, 0.6) is 0 Å². The van der Waals surface area contributed by atoms with Crippen LogP contribution in [-0.2, 0) is 0 Å². The fourth-order valence-corrected chi connectivity index (χ4v) is 3.91. The normalized spacial score (nSPS) is 26.2. The van der Waals surface area contributed by atoms with E-state index in [0.29, 0.717) is 22.7 Å². The number of carbonyl (C=O) groups is 1. The number of amides is 1. The Morgan fingerprint density at radius 1 is 1.35 bits per heavy atom. The van der Waals surface area contributed by atoms with E-state index in [1.54, 1.807) is 12.1 Å². The minimum atomic E-state index is 0.0931. The number of halogens is 2. The van der Waals surface area contributed by atoms with Crippen LogP contribution in [0.25, 0.3) is 0 Å². The fraction of sp³-hybridized carbons (Fsp3) is 0.533. The Labute approximate surface area is 132 Å². The van der Waals surface area contributed by atoms with Gasteiger partial charge in [0, 0.05) is 28.1 Å². The molecule has 0 bridgehead atoms. The van der Waals surface area contributed by atoms with Crippen molar-refractivity contribution < 1.29 is 4.79 Å². The number of rotatable bonds is 2. The van der Waals surface area contributed by atoms with Crippen LogP contribution in [0.3, 0.4) is 0 Å². The number of nitrogens with one attached hydrogen (secondary N) is 1. The van der Waals surface area contributed by atoms with Crippen molar-refractivity contribution in [3.8, 4) is 0 Å². The molecule has 0 aliphatic carbocycles. The average molecular weight is 358 g/mol. The first-order chi connectivity index (χ1) is 9.66. The van der Waals surface area contributed by atoms with Gasteiger partial charge in [-0.1, -0.05) is 11.6 Å². The van der Waals surface area contributed by atoms with Crippen LogP contribution in [0.2, 0.25) is 5.02 Å². The van der Waals surface area contributed by atoms with Gasteiger partial charge in [0.25, 0.3) is 5.91 Å². The molecule has 108 valence electrons. The molecule has 2 atom stereocenters. The zero-order valence-corrected chi connectivity index (χ0v) is 13.6. The molecule has 3 rings (SSSR count). The predicted molar refractivity (Wildman–Crippen MR) is 84.2 cm³/mol. The van der Waals surface area contributed by atoms with Crippen LogP contribution in [0.1, 0.15) is 36.0 Å². The lowest BCUT2D eigenvalue weighted by molar-refractivity contribution is 0.0710. The molecule has 1 N–H and O–H groups in total. The van der Waals surface area contributed by atoms with Gasteiger partial charge in [-0.3, -0.25) is 4.79 Å². The zero-order valence-electron chi connectivity index (χ0n) is 11.2. The summed E-state index contributed by atoms with van der Waals surface area (Å²) in [5.74, 6) is 0.0931. The molecule has 0 aromatic heterocycles. The maximum atomic E-state index is 12.8. The lowest BCUT2D eigenvalue weighted by Gasteiger charge is -2.30. The Kier molecular flexibility index (Phi) is 4.34. The van der Waals surface area contributed by atoms with E-state index in [1.807, 2.05) is 11.0 Å². The molecular formula is C15H18BrClN2O. The summed E-state index contributed by atoms with van der Waals surface area (Å²) in [6, 6.07) is 6.18. The van der Waals surface area contributed by atoms with E-state index in [1.165, 1.54) is 12.8 Å². The van der Waals surface area contributed by atoms with Crippen LogP contribution < -0.4 is 5.32 Å². The molecule has 2 aliphatic rings. The second-order valence-corrected chi connectivity index (χ2v) is 6.83. The Hall–Kier alpha value is -0.580. The summed E-state index contributed by atoms with van der Waals surface area (Å²) in [5.41, 5.74) is 0.669. The van der Waals surface area contributed by atoms with E-state index in [-0.39, 0.29) is 5.91 Å². The fourth-order valence-electron chi connectivity index (χ4n) is 3.32. The number of hydrogen-bond acceptors (Lipinski definition) is 2. The highest BCUT2D eigenvalue weighted by Crippen LogP contribution is 2.29. The minimum absolute atomic E-state index is 0.0931. The maximum Gasteiger partial charge on any atom is 0.255 e. The monoisotopic (exact) mass is 356 g/mol. The molecule has 1 aromatic carbocycles. The molecule has 3 nitrogen and oxygen atoms in total. The zero-order chi connectivity index (χ0) is 14.1. The molecule has 1 aromatic rings. The molecule has 5 heteroatoms. The molecule has 0 saturated carbocycles. The topological polar surface area (TPSA) is 32.3 Å². The first kappa shape index (κ1) is 14.4. The Bertz CT molecular complexity index is 517. The first-order valence-electron chi connectivity index (χ1n) is 7.16. The van der Waals surface area contributed by atoms with Crippen molar-refractivity contribution in [3.63, 3.8) is 0 Å². The first-order valence-corrected chi connectivity index (χ1v) is 8.33. The number of likely N-dealkylation sites (tertiary alicyclic amines) is 1. The molecule has 2 unspecified atom stereocenters. The van der Waals surface area contributed by atoms with E-state index >= 15 is 0 Å². The quantitative estimate of drug-likeness (QED) is 0.879. The largest absolute Gasteiger partial charge is 0.334 e. The van der Waals surface area contributed by atoms with Crippen LogP contribution in [0, 0.1) is 0 Å². The third-order valence-corrected chi connectivity index (χ3v) is 5.21. The third kappa shape index (κ3) is 2.74. The van der Waals surface area contributed by atoms with Gasteiger partial charge in [0.15, 0.2) is 0 Å². The number of carbonyl (C=O) groups excluding carboxylic acids is 1. The van der Waals surface area contributed by atoms with Crippen molar-refractivity contribution in [2.24, 2.45) is 0 Å². The summed E-state index contributed by atoms with van der Waals surface area (Å²) in [5, 5.41) is 4.13. The summed E-state index contributed by atoms with van der Waals surface area (Å²) >= 11 is 9.49. The van der Waals surface area contributed by atoms with Gasteiger partial charge in [-0.25, -0.2) is 0 Å². The Balaban J connectivity index is 1.83. The predicted octanol–water partition coefficient (Wildman–Crippen LogP) is 3.46. The van der Waals surface area contributed by atoms with Crippen LogP contribution in [-0.4, -0.2) is 36.0 Å². The van der Waals surface area contributed by atoms with E-state index < -0.39 is 0 Å². The summed E-state index contributed by atoms with van der Waals surface area (Å²) in [6.07, 6.45) is 4.57. The molecule has 0 spiro atoms. The smallest absolute Gasteiger partial charge is 0.255 e. The molecule has 2 aliphatic heterocycles. The van der Waals surface area contributed by atoms with Crippen LogP contribution in [0.15, 0.2) is 22.7 Å². The average Bonchev–Trinajstić information content (AvgIpc) is 3.10. The van der Waals surface area contributed by atoms with Crippen molar-refractivity contribution in [1.29, 1.82) is 0 Å². The second kappa shape index (κ2) is 6.04. The van der Waals surface area contributed by atoms with Gasteiger partial charge in [0.2, 0.25) is 0 Å². The number of benzene rings is 1. The lowest BCUT2D eigenvalue weighted by atomic mass is 10.0. The highest BCUT2D eigenvalue weighted by molar-refractivity contribution is 9.10. The van der Waals surface area contributed by atoms with Crippen molar-refractivity contribution in [1.82, 2.24) is 10.2 Å². The highest BCUT2D eigenvalue weighted by atomic mass is 79.9. The lowest BCUT2D eigenvalue weighted by Crippen LogP contribution is -2.46. The van der Waals surface area contributed by atoms with Gasteiger partial charge in [-0.15, -0.1) is 0 Å². The van der Waals surface area contributed by atoms with Gasteiger partial charge in [-0.05, 0) is 66.4 Å². The molecule has 2 fully saturated rings. The number of nitrogens with zero attached hydrogens (tertiary/aromatic N) is 1. The van der Waals surface area contributed by atoms with Gasteiger partial charge in [-0.2, -0.15) is 0 Å². The van der Waals surface area contributed by atoms with E-state index in [9.17, 15) is 4.79 Å². The molecule has 1 amide bonds. The van der Waals surface area contributed by atoms with E-state index in [2.05, 4.69) is 21.2 Å². The van der Waals surface area contributed by atoms with Gasteiger partial charge in [0.05, 0.1) is 5.56 Å². The second-order valence-electron chi connectivity index (χ2n) is 5.54. The third-order valence-electron chi connectivity index (χ3n) is 4.28. The van der Waals surface area contributed by atoms with Crippen molar-refractivity contribution in [3.05, 3.63) is 33.3 Å². The van der Waals surface area contributed by atoms with Crippen LogP contribution >= 0.6 is 27.5 Å². The molecular weight excluding hydrogens is 340 g/mol. The summed E-state index contributed by atoms with van der Waals surface area (Å²) < 4.78 is 0.817. The van der Waals surface area contributed by atoms with Crippen molar-refractivity contribution in [2.45, 2.75) is 37.8 Å². The SMILES string of the molecule is O=C(c1cc(Cl)ccc1Br)N1CCCC1C1CCCN1. The summed E-state index contributed by atoms with van der Waals surface area (Å²) in [4.78, 5) is 14.8. The van der Waals surface area contributed by atoms with Crippen molar-refractivity contribution >= 4 is 33.4 Å². The Morgan fingerprint density at radius 2 is 2.20 bits per heavy atom. The molecule has 0 radical (unpaired) electrons. The summed E-state index contributed by atoms with van der Waals surface area (Å²) in [6.45, 7) is 1.92. The molecule has 2 saturated heterocycles. The van der Waals surface area contributed by atoms with Crippen molar-refractivity contribution in [2.75, 3.05) is 13.1 Å². The molecule has 20 heavy (non-hydrogen) atoms. The number of hydrogen-bond donors (Lipinski definition) is 1. The standard InChI is InChI=1S/C15H18BrClN2O/c16-12-6-5-10(17)9-11(12)15(20)19-8-2-4-14(19)13-3-1-7-18-13/h5-6,9,13-14,18H,1-4,7-8H2. The van der Waals surface area contributed by atoms with Gasteiger partial charge < -0.3 is 10.2 Å². The van der Waals surface area contributed by atoms with E-state index in [4.69, 9.17) is 11.6 Å². The van der Waals surface area contributed by atoms with E-state index in [0.717, 1.165) is 30.4 Å². The Morgan fingerprint density at radius 3 is 2.95 bits per heavy atom. The highest BCUT2D eigenvalue weighted by Gasteiger charge is 2.36. The maximum absolute atomic E-state index is 12.8. The minimum Gasteiger partial charge on any atom is -0.334 e.